The smallest absolute Gasteiger partial charge is 0.328 e. The average molecular weight is 440 g/mol. The third-order valence-corrected chi connectivity index (χ3v) is 6.00. The molecule has 2 aromatic carbocycles. The van der Waals surface area contributed by atoms with Crippen molar-refractivity contribution in [3.05, 3.63) is 95.5 Å². The van der Waals surface area contributed by atoms with Gasteiger partial charge >= 0.3 is 5.97 Å². The van der Waals surface area contributed by atoms with Crippen LogP contribution < -0.4 is 0 Å². The summed E-state index contributed by atoms with van der Waals surface area (Å²) in [6, 6.07) is 15.7. The number of nitrogens with zero attached hydrogens (tertiary/aromatic N) is 3. The molecule has 0 unspecified atom stereocenters. The highest BCUT2D eigenvalue weighted by molar-refractivity contribution is 6.00. The lowest BCUT2D eigenvalue weighted by Crippen LogP contribution is -2.15. The lowest BCUT2D eigenvalue weighted by Gasteiger charge is -2.31. The van der Waals surface area contributed by atoms with Crippen molar-refractivity contribution in [3.8, 4) is 0 Å². The second-order valence-corrected chi connectivity index (χ2v) is 8.06. The standard InChI is InChI=1S/C26H21FN4O2/c27-26-20-13-18(9-11-21(20)30-31-26)25(22-15-28-19(14-29-22)10-12-23(32)33)24(17-7-4-8-17)16-5-2-1-3-6-16/h1-3,5-6,9-15,17H,4,7-8H2,(H,30,31)(H,32,33). The molecule has 0 radical (unpaired) electrons. The van der Waals surface area contributed by atoms with Crippen molar-refractivity contribution >= 4 is 34.1 Å². The van der Waals surface area contributed by atoms with E-state index in [9.17, 15) is 9.18 Å². The van der Waals surface area contributed by atoms with Crippen LogP contribution in [0.1, 0.15) is 41.8 Å². The minimum absolute atomic E-state index is 0.362. The van der Waals surface area contributed by atoms with Gasteiger partial charge in [0.1, 0.15) is 0 Å². The number of rotatable bonds is 6. The minimum Gasteiger partial charge on any atom is -0.478 e. The van der Waals surface area contributed by atoms with Crippen LogP contribution in [0.4, 0.5) is 4.39 Å². The molecule has 2 heterocycles. The Morgan fingerprint density at radius 2 is 1.88 bits per heavy atom. The quantitative estimate of drug-likeness (QED) is 0.312. The van der Waals surface area contributed by atoms with Crippen LogP contribution in [-0.2, 0) is 4.79 Å². The van der Waals surface area contributed by atoms with Crippen molar-refractivity contribution in [3.63, 3.8) is 0 Å². The second-order valence-electron chi connectivity index (χ2n) is 8.06. The molecule has 4 aromatic rings. The van der Waals surface area contributed by atoms with Gasteiger partial charge in [-0.1, -0.05) is 42.8 Å². The van der Waals surface area contributed by atoms with E-state index in [1.54, 1.807) is 18.5 Å². The number of allylic oxidation sites excluding steroid dienone is 1. The molecule has 164 valence electrons. The Balaban J connectivity index is 1.73. The van der Waals surface area contributed by atoms with Crippen LogP contribution in [0.3, 0.4) is 0 Å². The number of fused-ring (bicyclic) bond motifs is 1. The molecule has 33 heavy (non-hydrogen) atoms. The fourth-order valence-electron chi connectivity index (χ4n) is 4.19. The molecule has 0 amide bonds. The van der Waals surface area contributed by atoms with E-state index in [0.29, 0.717) is 28.2 Å². The number of hydrogen-bond acceptors (Lipinski definition) is 4. The molecule has 7 heteroatoms. The van der Waals surface area contributed by atoms with Gasteiger partial charge in [0.05, 0.1) is 34.7 Å². The van der Waals surface area contributed by atoms with E-state index in [4.69, 9.17) is 5.11 Å². The average Bonchev–Trinajstić information content (AvgIpc) is 3.17. The van der Waals surface area contributed by atoms with Crippen molar-refractivity contribution < 1.29 is 14.3 Å². The van der Waals surface area contributed by atoms with Gasteiger partial charge in [-0.05, 0) is 53.7 Å². The van der Waals surface area contributed by atoms with Crippen molar-refractivity contribution in [2.45, 2.75) is 19.3 Å². The van der Waals surface area contributed by atoms with Crippen LogP contribution in [0.2, 0.25) is 0 Å². The van der Waals surface area contributed by atoms with E-state index in [0.717, 1.165) is 47.6 Å². The molecule has 0 aliphatic heterocycles. The van der Waals surface area contributed by atoms with Crippen LogP contribution in [0.25, 0.3) is 28.1 Å². The Bertz CT molecular complexity index is 1370. The normalized spacial score (nSPS) is 14.9. The highest BCUT2D eigenvalue weighted by atomic mass is 19.1. The summed E-state index contributed by atoms with van der Waals surface area (Å²) in [4.78, 5) is 19.9. The number of H-pyrrole nitrogens is 1. The Morgan fingerprint density at radius 3 is 2.55 bits per heavy atom. The molecule has 1 aliphatic rings. The predicted molar refractivity (Wildman–Crippen MR) is 124 cm³/mol. The van der Waals surface area contributed by atoms with Gasteiger partial charge in [-0.2, -0.15) is 4.39 Å². The number of halogens is 1. The Morgan fingerprint density at radius 1 is 1.06 bits per heavy atom. The summed E-state index contributed by atoms with van der Waals surface area (Å²) >= 11 is 0. The first-order valence-electron chi connectivity index (χ1n) is 10.8. The summed E-state index contributed by atoms with van der Waals surface area (Å²) in [5.74, 6) is -1.23. The predicted octanol–water partition coefficient (Wildman–Crippen LogP) is 5.35. The molecule has 0 saturated heterocycles. The molecule has 6 nitrogen and oxygen atoms in total. The maximum Gasteiger partial charge on any atom is 0.328 e. The van der Waals surface area contributed by atoms with E-state index in [-0.39, 0.29) is 0 Å². The highest BCUT2D eigenvalue weighted by Crippen LogP contribution is 2.44. The first-order valence-corrected chi connectivity index (χ1v) is 10.8. The van der Waals surface area contributed by atoms with Gasteiger partial charge in [0, 0.05) is 11.6 Å². The van der Waals surface area contributed by atoms with Crippen LogP contribution in [0.15, 0.2) is 67.0 Å². The molecular weight excluding hydrogens is 419 g/mol. The number of aliphatic carboxylic acids is 1. The second kappa shape index (κ2) is 8.78. The Labute approximate surface area is 189 Å². The molecule has 1 saturated carbocycles. The SMILES string of the molecule is O=C(O)C=Cc1cnc(C(=C(c2ccccc2)C2CCC2)c2ccc3[nH]nc(F)c3c2)cn1. The zero-order valence-corrected chi connectivity index (χ0v) is 17.7. The van der Waals surface area contributed by atoms with Gasteiger partial charge in [0.15, 0.2) is 0 Å². The summed E-state index contributed by atoms with van der Waals surface area (Å²) in [5.41, 5.74) is 5.71. The van der Waals surface area contributed by atoms with Crippen molar-refractivity contribution in [1.82, 2.24) is 20.2 Å². The molecule has 1 fully saturated rings. The van der Waals surface area contributed by atoms with Gasteiger partial charge in [-0.15, -0.1) is 5.10 Å². The van der Waals surface area contributed by atoms with Gasteiger partial charge in [0.2, 0.25) is 5.95 Å². The maximum absolute atomic E-state index is 14.3. The van der Waals surface area contributed by atoms with Gasteiger partial charge in [-0.25, -0.2) is 4.79 Å². The molecule has 0 bridgehead atoms. The number of benzene rings is 2. The summed E-state index contributed by atoms with van der Waals surface area (Å²) in [6.07, 6.45) is 8.93. The monoisotopic (exact) mass is 440 g/mol. The maximum atomic E-state index is 14.3. The van der Waals surface area contributed by atoms with E-state index < -0.39 is 11.9 Å². The molecule has 0 atom stereocenters. The molecular formula is C26H21FN4O2. The number of aromatic amines is 1. The molecule has 1 aliphatic carbocycles. The van der Waals surface area contributed by atoms with Crippen molar-refractivity contribution in [2.24, 2.45) is 5.92 Å². The zero-order chi connectivity index (χ0) is 22.8. The lowest BCUT2D eigenvalue weighted by atomic mass is 9.73. The fourth-order valence-corrected chi connectivity index (χ4v) is 4.19. The summed E-state index contributed by atoms with van der Waals surface area (Å²) in [6.45, 7) is 0. The molecule has 0 spiro atoms. The van der Waals surface area contributed by atoms with Crippen LogP contribution in [0.5, 0.6) is 0 Å². The van der Waals surface area contributed by atoms with Crippen LogP contribution in [0, 0.1) is 11.9 Å². The Kier molecular flexibility index (Phi) is 5.52. The Hall–Kier alpha value is -4.13. The van der Waals surface area contributed by atoms with Gasteiger partial charge in [0.25, 0.3) is 0 Å². The lowest BCUT2D eigenvalue weighted by molar-refractivity contribution is -0.131. The van der Waals surface area contributed by atoms with Gasteiger partial charge < -0.3 is 5.11 Å². The zero-order valence-electron chi connectivity index (χ0n) is 17.7. The number of nitrogens with one attached hydrogen (secondary N) is 1. The van der Waals surface area contributed by atoms with Crippen LogP contribution >= 0.6 is 0 Å². The number of carboxylic acids is 1. The minimum atomic E-state index is -1.05. The van der Waals surface area contributed by atoms with Crippen molar-refractivity contribution in [2.75, 3.05) is 0 Å². The molecule has 2 N–H and O–H groups in total. The molecule has 5 rings (SSSR count). The number of aromatic nitrogens is 4. The van der Waals surface area contributed by atoms with Crippen LogP contribution in [-0.4, -0.2) is 31.2 Å². The van der Waals surface area contributed by atoms with E-state index in [1.165, 1.54) is 6.08 Å². The fraction of sp³-hybridized carbons (Fsp3) is 0.154. The van der Waals surface area contributed by atoms with Gasteiger partial charge in [-0.3, -0.25) is 15.1 Å². The van der Waals surface area contributed by atoms with E-state index in [2.05, 4.69) is 32.3 Å². The largest absolute Gasteiger partial charge is 0.478 e. The highest BCUT2D eigenvalue weighted by Gasteiger charge is 2.28. The summed E-state index contributed by atoms with van der Waals surface area (Å²) < 4.78 is 14.3. The number of carboxylic acid groups (broad SMARTS) is 1. The third-order valence-electron chi connectivity index (χ3n) is 6.00. The summed E-state index contributed by atoms with van der Waals surface area (Å²) in [7, 11) is 0. The number of hydrogen-bond donors (Lipinski definition) is 2. The first-order chi connectivity index (χ1) is 16.1. The third kappa shape index (κ3) is 4.17. The molecule has 2 aromatic heterocycles. The van der Waals surface area contributed by atoms with E-state index >= 15 is 0 Å². The van der Waals surface area contributed by atoms with E-state index in [1.807, 2.05) is 30.3 Å². The van der Waals surface area contributed by atoms with Crippen molar-refractivity contribution in [1.29, 1.82) is 0 Å². The number of carbonyl (C=O) groups is 1. The first kappa shape index (κ1) is 20.8. The topological polar surface area (TPSA) is 91.8 Å². The summed E-state index contributed by atoms with van der Waals surface area (Å²) in [5, 5.41) is 15.7.